The normalized spacial score (nSPS) is 10.9. The van der Waals surface area contributed by atoms with Crippen LogP contribution in [0.15, 0.2) is 53.0 Å². The smallest absolute Gasteiger partial charge is 0.264 e. The van der Waals surface area contributed by atoms with Crippen LogP contribution < -0.4 is 16.6 Å². The Hall–Kier alpha value is -3.11. The molecule has 0 fully saturated rings. The van der Waals surface area contributed by atoms with Crippen LogP contribution in [0.4, 0.5) is 11.6 Å². The fraction of sp³-hybridized carbons (Fsp3) is 0.118. The van der Waals surface area contributed by atoms with Crippen molar-refractivity contribution in [2.24, 2.45) is 5.10 Å². The highest BCUT2D eigenvalue weighted by Gasteiger charge is 2.12. The molecule has 28 heavy (non-hydrogen) atoms. The molecule has 3 rings (SSSR count). The summed E-state index contributed by atoms with van der Waals surface area (Å²) in [4.78, 5) is 16.2. The van der Waals surface area contributed by atoms with Gasteiger partial charge in [-0.1, -0.05) is 35.5 Å². The van der Waals surface area contributed by atoms with Gasteiger partial charge in [-0.3, -0.25) is 9.78 Å². The van der Waals surface area contributed by atoms with Crippen molar-refractivity contribution in [2.45, 2.75) is 12.1 Å². The molecule has 0 radical (unpaired) electrons. The van der Waals surface area contributed by atoms with Crippen LogP contribution in [0.5, 0.6) is 0 Å². The van der Waals surface area contributed by atoms with Crippen molar-refractivity contribution in [3.05, 3.63) is 58.9 Å². The summed E-state index contributed by atoms with van der Waals surface area (Å²) >= 11 is 7.11. The van der Waals surface area contributed by atoms with Gasteiger partial charge in [0.2, 0.25) is 11.1 Å². The first-order valence-electron chi connectivity index (χ1n) is 8.11. The quantitative estimate of drug-likeness (QED) is 0.234. The molecule has 2 heterocycles. The summed E-state index contributed by atoms with van der Waals surface area (Å²) in [6, 6.07) is 8.96. The summed E-state index contributed by atoms with van der Waals surface area (Å²) < 4.78 is 1.23. The van der Waals surface area contributed by atoms with Gasteiger partial charge < -0.3 is 11.2 Å². The number of hydrogen-bond donors (Lipinski definition) is 3. The molecule has 144 valence electrons. The van der Waals surface area contributed by atoms with Crippen molar-refractivity contribution >= 4 is 47.1 Å². The summed E-state index contributed by atoms with van der Waals surface area (Å²) in [5.41, 5.74) is 5.11. The van der Waals surface area contributed by atoms with Crippen LogP contribution in [0.3, 0.4) is 0 Å². The number of nitrogen functional groups attached to an aromatic ring is 1. The van der Waals surface area contributed by atoms with Gasteiger partial charge in [0.15, 0.2) is 0 Å². The minimum Gasteiger partial charge on any atom is -0.334 e. The molecule has 4 N–H and O–H groups in total. The number of pyridine rings is 1. The Kier molecular flexibility index (Phi) is 6.45. The van der Waals surface area contributed by atoms with Crippen LogP contribution >= 0.6 is 23.4 Å². The minimum atomic E-state index is -0.206. The minimum absolute atomic E-state index is 0.111. The zero-order chi connectivity index (χ0) is 19.9. The highest BCUT2D eigenvalue weighted by Crippen LogP contribution is 2.21. The molecular formula is C17H17ClN8OS. The lowest BCUT2D eigenvalue weighted by Crippen LogP contribution is -2.17. The van der Waals surface area contributed by atoms with Gasteiger partial charge in [-0.2, -0.15) is 5.10 Å². The van der Waals surface area contributed by atoms with Crippen molar-refractivity contribution in [1.29, 1.82) is 0 Å². The maximum Gasteiger partial charge on any atom is 0.264 e. The maximum atomic E-state index is 12.2. The summed E-state index contributed by atoms with van der Waals surface area (Å²) in [5.74, 6) is 6.09. The van der Waals surface area contributed by atoms with Gasteiger partial charge in [-0.25, -0.2) is 10.1 Å². The fourth-order valence-electron chi connectivity index (χ4n) is 2.11. The molecule has 0 aliphatic carbocycles. The average Bonchev–Trinajstić information content (AvgIpc) is 3.04. The molecule has 0 saturated carbocycles. The zero-order valence-electron chi connectivity index (χ0n) is 14.8. The number of hydrogen-bond acceptors (Lipinski definition) is 8. The number of benzene rings is 1. The number of nitrogens with two attached hydrogens (primary N) is 1. The van der Waals surface area contributed by atoms with Crippen molar-refractivity contribution in [3.63, 3.8) is 0 Å². The Bertz CT molecular complexity index is 992. The monoisotopic (exact) mass is 416 g/mol. The predicted octanol–water partition coefficient (Wildman–Crippen LogP) is 2.53. The Morgan fingerprint density at radius 3 is 3.04 bits per heavy atom. The lowest BCUT2D eigenvalue weighted by molar-refractivity contribution is -0.113. The standard InChI is InChI=1S/C17H17ClN8OS/c1-11-4-5-13(18)7-14(11)22-15(27)10-28-17-25-24-16(26(17)19)23-21-9-12-3-2-6-20-8-12/h2-9H,10,19H2,1H3,(H,22,27)(H,23,24)/b21-9+. The van der Waals surface area contributed by atoms with Gasteiger partial charge in [-0.15, -0.1) is 10.2 Å². The van der Waals surface area contributed by atoms with Gasteiger partial charge in [0.05, 0.1) is 12.0 Å². The Morgan fingerprint density at radius 1 is 1.39 bits per heavy atom. The SMILES string of the molecule is Cc1ccc(Cl)cc1NC(=O)CSc1nnc(N/N=C/c2cccnc2)n1N. The van der Waals surface area contributed by atoms with E-state index in [0.29, 0.717) is 15.9 Å². The molecule has 9 nitrogen and oxygen atoms in total. The maximum absolute atomic E-state index is 12.2. The summed E-state index contributed by atoms with van der Waals surface area (Å²) in [5, 5.41) is 15.6. The van der Waals surface area contributed by atoms with Crippen molar-refractivity contribution in [1.82, 2.24) is 19.9 Å². The van der Waals surface area contributed by atoms with Crippen LogP contribution in [-0.2, 0) is 4.79 Å². The first-order chi connectivity index (χ1) is 13.5. The molecule has 0 aliphatic rings. The number of carbonyl (C=O) groups excluding carboxylic acids is 1. The molecule has 2 aromatic heterocycles. The number of amides is 1. The van der Waals surface area contributed by atoms with Gasteiger partial charge in [0.1, 0.15) is 0 Å². The predicted molar refractivity (Wildman–Crippen MR) is 111 cm³/mol. The number of aryl methyl sites for hydroxylation is 1. The highest BCUT2D eigenvalue weighted by atomic mass is 35.5. The molecule has 0 unspecified atom stereocenters. The molecule has 11 heteroatoms. The third-order valence-electron chi connectivity index (χ3n) is 3.53. The number of hydrazone groups is 1. The second-order valence-electron chi connectivity index (χ2n) is 5.63. The fourth-order valence-corrected chi connectivity index (χ4v) is 2.94. The van der Waals surface area contributed by atoms with Crippen molar-refractivity contribution in [2.75, 3.05) is 22.3 Å². The number of nitrogens with one attached hydrogen (secondary N) is 2. The Labute approximate surface area is 170 Å². The lowest BCUT2D eigenvalue weighted by Gasteiger charge is -2.08. The number of aromatic nitrogens is 4. The van der Waals surface area contributed by atoms with E-state index in [-0.39, 0.29) is 17.6 Å². The van der Waals surface area contributed by atoms with E-state index >= 15 is 0 Å². The largest absolute Gasteiger partial charge is 0.334 e. The number of halogens is 1. The number of carbonyl (C=O) groups is 1. The lowest BCUT2D eigenvalue weighted by atomic mass is 10.2. The number of anilines is 2. The molecule has 1 aromatic carbocycles. The van der Waals surface area contributed by atoms with Crippen LogP contribution in [0.25, 0.3) is 0 Å². The van der Waals surface area contributed by atoms with Crippen LogP contribution in [0.1, 0.15) is 11.1 Å². The van der Waals surface area contributed by atoms with Gasteiger partial charge in [-0.05, 0) is 30.7 Å². The molecule has 0 bridgehead atoms. The van der Waals surface area contributed by atoms with Crippen LogP contribution in [0, 0.1) is 6.92 Å². The first kappa shape index (κ1) is 19.6. The second-order valence-corrected chi connectivity index (χ2v) is 7.01. The molecular weight excluding hydrogens is 400 g/mol. The van der Waals surface area contributed by atoms with Crippen molar-refractivity contribution < 1.29 is 4.79 Å². The topological polar surface area (TPSA) is 123 Å². The number of thioether (sulfide) groups is 1. The van der Waals surface area contributed by atoms with Crippen LogP contribution in [-0.4, -0.2) is 37.7 Å². The van der Waals surface area contributed by atoms with Gasteiger partial charge in [0, 0.05) is 28.7 Å². The summed E-state index contributed by atoms with van der Waals surface area (Å²) in [7, 11) is 0. The number of rotatable bonds is 7. The third kappa shape index (κ3) is 5.21. The van der Waals surface area contributed by atoms with E-state index < -0.39 is 0 Å². The molecule has 1 amide bonds. The van der Waals surface area contributed by atoms with E-state index in [1.807, 2.05) is 19.1 Å². The molecule has 0 saturated heterocycles. The third-order valence-corrected chi connectivity index (χ3v) is 4.71. The van der Waals surface area contributed by atoms with Gasteiger partial charge in [0.25, 0.3) is 5.95 Å². The molecule has 0 aliphatic heterocycles. The van der Waals surface area contributed by atoms with E-state index in [4.69, 9.17) is 17.4 Å². The summed E-state index contributed by atoms with van der Waals surface area (Å²) in [6.45, 7) is 1.89. The second kappa shape index (κ2) is 9.20. The molecule has 0 spiro atoms. The Morgan fingerprint density at radius 2 is 2.25 bits per heavy atom. The molecule has 0 atom stereocenters. The molecule has 3 aromatic rings. The highest BCUT2D eigenvalue weighted by molar-refractivity contribution is 7.99. The van der Waals surface area contributed by atoms with E-state index in [1.54, 1.807) is 36.8 Å². The van der Waals surface area contributed by atoms with E-state index in [0.717, 1.165) is 22.9 Å². The number of nitrogens with zero attached hydrogens (tertiary/aromatic N) is 5. The first-order valence-corrected chi connectivity index (χ1v) is 9.47. The zero-order valence-corrected chi connectivity index (χ0v) is 16.4. The van der Waals surface area contributed by atoms with E-state index in [1.165, 1.54) is 4.68 Å². The average molecular weight is 417 g/mol. The summed E-state index contributed by atoms with van der Waals surface area (Å²) in [6.07, 6.45) is 4.92. The van der Waals surface area contributed by atoms with Gasteiger partial charge >= 0.3 is 0 Å². The van der Waals surface area contributed by atoms with Crippen molar-refractivity contribution in [3.8, 4) is 0 Å². The Balaban J connectivity index is 1.54. The van der Waals surface area contributed by atoms with Crippen LogP contribution in [0.2, 0.25) is 5.02 Å². The van der Waals surface area contributed by atoms with E-state index in [2.05, 4.69) is 31.0 Å². The van der Waals surface area contributed by atoms with E-state index in [9.17, 15) is 4.79 Å².